The largest absolute Gasteiger partial charge is 0.348 e. The molecule has 0 aliphatic carbocycles. The Morgan fingerprint density at radius 1 is 1.27 bits per heavy atom. The zero-order valence-corrected chi connectivity index (χ0v) is 18.1. The number of nitrogens with one attached hydrogen (secondary N) is 1. The van der Waals surface area contributed by atoms with E-state index >= 15 is 0 Å². The Kier molecular flexibility index (Phi) is 6.79. The average molecular weight is 436 g/mol. The molecule has 0 spiro atoms. The molecule has 1 unspecified atom stereocenters. The second-order valence-electron chi connectivity index (χ2n) is 7.45. The molecule has 1 aromatic carbocycles. The van der Waals surface area contributed by atoms with Crippen LogP contribution < -0.4 is 5.32 Å². The van der Waals surface area contributed by atoms with Gasteiger partial charge in [0.15, 0.2) is 0 Å². The Morgan fingerprint density at radius 3 is 2.60 bits per heavy atom. The molecular weight excluding hydrogens is 409 g/mol. The third-order valence-corrected chi connectivity index (χ3v) is 7.07. The van der Waals surface area contributed by atoms with Gasteiger partial charge in [0, 0.05) is 33.4 Å². The topological polar surface area (TPSA) is 95.5 Å². The number of amides is 1. The van der Waals surface area contributed by atoms with Gasteiger partial charge >= 0.3 is 0 Å². The normalized spacial score (nSPS) is 17.8. The third-order valence-electron chi connectivity index (χ3n) is 5.12. The molecule has 1 fully saturated rings. The number of nitrogens with zero attached hydrogens (tertiary/aromatic N) is 4. The maximum atomic E-state index is 13.0. The smallest absolute Gasteiger partial charge is 0.282 e. The first-order valence-corrected chi connectivity index (χ1v) is 11.2. The summed E-state index contributed by atoms with van der Waals surface area (Å²) < 4.78 is 41.0. The number of carbonyl (C=O) groups excluding carboxylic acids is 1. The predicted molar refractivity (Wildman–Crippen MR) is 110 cm³/mol. The molecule has 0 radical (unpaired) electrons. The van der Waals surface area contributed by atoms with Gasteiger partial charge in [-0.2, -0.15) is 17.0 Å². The van der Waals surface area contributed by atoms with E-state index in [1.54, 1.807) is 19.1 Å². The molecule has 1 N–H and O–H groups in total. The van der Waals surface area contributed by atoms with Gasteiger partial charge in [0.25, 0.3) is 16.1 Å². The zero-order chi connectivity index (χ0) is 21.9. The van der Waals surface area contributed by atoms with Crippen LogP contribution >= 0.6 is 0 Å². The number of benzene rings is 1. The lowest BCUT2D eigenvalue weighted by Gasteiger charge is -2.35. The van der Waals surface area contributed by atoms with E-state index < -0.39 is 16.3 Å². The summed E-state index contributed by atoms with van der Waals surface area (Å²) in [5.74, 6) is -0.282. The first kappa shape index (κ1) is 22.3. The fourth-order valence-corrected chi connectivity index (χ4v) is 4.70. The van der Waals surface area contributed by atoms with E-state index in [0.717, 1.165) is 18.4 Å². The molecule has 8 nitrogen and oxygen atoms in total. The molecule has 0 saturated carbocycles. The minimum Gasteiger partial charge on any atom is -0.348 e. The van der Waals surface area contributed by atoms with Crippen LogP contribution in [0.2, 0.25) is 0 Å². The number of piperidine rings is 1. The van der Waals surface area contributed by atoms with Crippen molar-refractivity contribution in [2.45, 2.75) is 38.8 Å². The second kappa shape index (κ2) is 9.15. The van der Waals surface area contributed by atoms with E-state index in [2.05, 4.69) is 15.3 Å². The van der Waals surface area contributed by atoms with Crippen molar-refractivity contribution in [2.75, 3.05) is 20.6 Å². The highest BCUT2D eigenvalue weighted by Crippen LogP contribution is 2.32. The van der Waals surface area contributed by atoms with Gasteiger partial charge in [-0.15, -0.1) is 0 Å². The van der Waals surface area contributed by atoms with E-state index in [4.69, 9.17) is 0 Å². The minimum absolute atomic E-state index is 0.248. The van der Waals surface area contributed by atoms with Crippen LogP contribution in [0.3, 0.4) is 0 Å². The van der Waals surface area contributed by atoms with Gasteiger partial charge in [0.1, 0.15) is 11.6 Å². The van der Waals surface area contributed by atoms with Crippen LogP contribution in [0.15, 0.2) is 30.5 Å². The first-order chi connectivity index (χ1) is 14.2. The fourth-order valence-electron chi connectivity index (χ4n) is 3.40. The second-order valence-corrected chi connectivity index (χ2v) is 9.54. The molecule has 1 aromatic heterocycles. The summed E-state index contributed by atoms with van der Waals surface area (Å²) in [6.45, 7) is 2.36. The molecule has 162 valence electrons. The number of hydrogen-bond donors (Lipinski definition) is 1. The van der Waals surface area contributed by atoms with E-state index in [1.807, 2.05) is 0 Å². The van der Waals surface area contributed by atoms with Gasteiger partial charge in [-0.05, 0) is 37.5 Å². The number of halogens is 1. The molecule has 1 aliphatic heterocycles. The number of rotatable bonds is 6. The Bertz CT molecular complexity index is 1010. The van der Waals surface area contributed by atoms with Crippen molar-refractivity contribution in [3.05, 3.63) is 58.9 Å². The van der Waals surface area contributed by atoms with Crippen LogP contribution in [0.4, 0.5) is 4.39 Å². The summed E-state index contributed by atoms with van der Waals surface area (Å²) in [7, 11) is -0.595. The quantitative estimate of drug-likeness (QED) is 0.750. The molecule has 3 rings (SSSR count). The lowest BCUT2D eigenvalue weighted by atomic mass is 10.0. The van der Waals surface area contributed by atoms with Gasteiger partial charge in [0.2, 0.25) is 0 Å². The molecule has 2 heterocycles. The summed E-state index contributed by atoms with van der Waals surface area (Å²) in [5, 5.41) is 2.77. The molecule has 0 bridgehead atoms. The zero-order valence-electron chi connectivity index (χ0n) is 17.3. The minimum atomic E-state index is -3.60. The van der Waals surface area contributed by atoms with Gasteiger partial charge in [0.05, 0.1) is 17.3 Å². The highest BCUT2D eigenvalue weighted by Gasteiger charge is 2.36. The molecule has 10 heteroatoms. The van der Waals surface area contributed by atoms with Crippen LogP contribution in [0, 0.1) is 12.7 Å². The van der Waals surface area contributed by atoms with Crippen molar-refractivity contribution in [2.24, 2.45) is 0 Å². The highest BCUT2D eigenvalue weighted by atomic mass is 32.2. The van der Waals surface area contributed by atoms with Crippen LogP contribution in [0.1, 0.15) is 52.7 Å². The lowest BCUT2D eigenvalue weighted by molar-refractivity contribution is 0.0949. The lowest BCUT2D eigenvalue weighted by Crippen LogP contribution is -2.45. The monoisotopic (exact) mass is 435 g/mol. The van der Waals surface area contributed by atoms with Gasteiger partial charge < -0.3 is 5.32 Å². The van der Waals surface area contributed by atoms with Crippen LogP contribution in [-0.2, 0) is 16.8 Å². The highest BCUT2D eigenvalue weighted by molar-refractivity contribution is 7.86. The van der Waals surface area contributed by atoms with Crippen molar-refractivity contribution >= 4 is 16.1 Å². The van der Waals surface area contributed by atoms with Gasteiger partial charge in [-0.1, -0.05) is 18.6 Å². The molecule has 30 heavy (non-hydrogen) atoms. The third kappa shape index (κ3) is 4.82. The van der Waals surface area contributed by atoms with E-state index in [0.29, 0.717) is 30.0 Å². The first-order valence-electron chi connectivity index (χ1n) is 9.75. The Hall–Kier alpha value is -2.43. The number of aromatic nitrogens is 2. The molecule has 1 amide bonds. The molecule has 2 aromatic rings. The van der Waals surface area contributed by atoms with E-state index in [9.17, 15) is 17.6 Å². The van der Waals surface area contributed by atoms with Crippen molar-refractivity contribution in [1.29, 1.82) is 0 Å². The standard InChI is InChI=1S/C20H26FN5O3S/c1-14-17(20(27)23-12-15-7-9-16(21)10-8-15)13-22-19(24-14)18-6-4-5-11-26(18)30(28,29)25(2)3/h7-10,13,18H,4-6,11-12H2,1-3H3,(H,23,27). The van der Waals surface area contributed by atoms with Crippen LogP contribution in [0.5, 0.6) is 0 Å². The predicted octanol–water partition coefficient (Wildman–Crippen LogP) is 2.19. The number of hydrogen-bond acceptors (Lipinski definition) is 5. The Labute approximate surface area is 176 Å². The van der Waals surface area contributed by atoms with Crippen molar-refractivity contribution in [3.63, 3.8) is 0 Å². The average Bonchev–Trinajstić information content (AvgIpc) is 2.73. The van der Waals surface area contributed by atoms with E-state index in [-0.39, 0.29) is 18.3 Å². The maximum Gasteiger partial charge on any atom is 0.282 e. The summed E-state index contributed by atoms with van der Waals surface area (Å²) >= 11 is 0. The van der Waals surface area contributed by atoms with Crippen molar-refractivity contribution < 1.29 is 17.6 Å². The Balaban J connectivity index is 1.76. The van der Waals surface area contributed by atoms with E-state index in [1.165, 1.54) is 41.0 Å². The summed E-state index contributed by atoms with van der Waals surface area (Å²) in [6, 6.07) is 5.42. The molecule has 1 aliphatic rings. The molecule has 1 saturated heterocycles. The van der Waals surface area contributed by atoms with Crippen LogP contribution in [0.25, 0.3) is 0 Å². The van der Waals surface area contributed by atoms with Crippen molar-refractivity contribution in [1.82, 2.24) is 23.9 Å². The van der Waals surface area contributed by atoms with Gasteiger partial charge in [-0.3, -0.25) is 4.79 Å². The molecular formula is C20H26FN5O3S. The van der Waals surface area contributed by atoms with Crippen LogP contribution in [-0.4, -0.2) is 53.5 Å². The number of carbonyl (C=O) groups is 1. The SMILES string of the molecule is Cc1nc(C2CCCCN2S(=O)(=O)N(C)C)ncc1C(=O)NCc1ccc(F)cc1. The van der Waals surface area contributed by atoms with Crippen molar-refractivity contribution in [3.8, 4) is 0 Å². The van der Waals surface area contributed by atoms with Gasteiger partial charge in [-0.25, -0.2) is 14.4 Å². The fraction of sp³-hybridized carbons (Fsp3) is 0.450. The summed E-state index contributed by atoms with van der Waals surface area (Å²) in [4.78, 5) is 21.3. The number of aryl methyl sites for hydroxylation is 1. The maximum absolute atomic E-state index is 13.0. The summed E-state index contributed by atoms with van der Waals surface area (Å²) in [6.07, 6.45) is 3.73. The summed E-state index contributed by atoms with van der Waals surface area (Å²) in [5.41, 5.74) is 1.56. The molecule has 1 atom stereocenters. The Morgan fingerprint density at radius 2 is 1.97 bits per heavy atom.